The summed E-state index contributed by atoms with van der Waals surface area (Å²) < 4.78 is 2.66. The molecule has 4 aromatic rings. The molecule has 0 spiro atoms. The van der Waals surface area contributed by atoms with Gasteiger partial charge in [-0.2, -0.15) is 0 Å². The third-order valence-corrected chi connectivity index (χ3v) is 4.82. The van der Waals surface area contributed by atoms with Crippen LogP contribution in [0.25, 0.3) is 5.52 Å². The number of para-hydroxylation sites is 1. The maximum atomic E-state index is 13.0. The Morgan fingerprint density at radius 1 is 0.852 bits per heavy atom. The Morgan fingerprint density at radius 3 is 2.30 bits per heavy atom. The van der Waals surface area contributed by atoms with Crippen LogP contribution < -0.4 is 5.32 Å². The summed E-state index contributed by atoms with van der Waals surface area (Å²) in [6.07, 6.45) is 1.79. The van der Waals surface area contributed by atoms with Gasteiger partial charge in [-0.1, -0.05) is 40.2 Å². The van der Waals surface area contributed by atoms with Crippen molar-refractivity contribution >= 4 is 38.8 Å². The average molecular weight is 419 g/mol. The molecule has 0 radical (unpaired) electrons. The lowest BCUT2D eigenvalue weighted by Crippen LogP contribution is -2.11. The van der Waals surface area contributed by atoms with Crippen molar-refractivity contribution < 1.29 is 9.59 Å². The smallest absolute Gasteiger partial charge is 0.257 e. The van der Waals surface area contributed by atoms with Gasteiger partial charge in [-0.25, -0.2) is 0 Å². The lowest BCUT2D eigenvalue weighted by atomic mass is 10.1. The minimum atomic E-state index is -0.250. The highest BCUT2D eigenvalue weighted by atomic mass is 79.9. The summed E-state index contributed by atoms with van der Waals surface area (Å²) in [5.41, 5.74) is 2.87. The fourth-order valence-corrected chi connectivity index (χ4v) is 3.24. The van der Waals surface area contributed by atoms with Crippen LogP contribution in [0.5, 0.6) is 0 Å². The minimum absolute atomic E-state index is 0.137. The summed E-state index contributed by atoms with van der Waals surface area (Å²) in [6.45, 7) is 0. The van der Waals surface area contributed by atoms with Crippen molar-refractivity contribution in [3.05, 3.63) is 106 Å². The van der Waals surface area contributed by atoms with Crippen LogP contribution >= 0.6 is 15.9 Å². The predicted octanol–water partition coefficient (Wildman–Crippen LogP) is 5.19. The van der Waals surface area contributed by atoms with E-state index < -0.39 is 0 Å². The van der Waals surface area contributed by atoms with E-state index >= 15 is 0 Å². The van der Waals surface area contributed by atoms with E-state index in [-0.39, 0.29) is 11.7 Å². The van der Waals surface area contributed by atoms with Crippen LogP contribution in [-0.2, 0) is 0 Å². The molecule has 0 aliphatic rings. The number of carbonyl (C=O) groups is 2. The summed E-state index contributed by atoms with van der Waals surface area (Å²) in [4.78, 5) is 25.8. The Kier molecular flexibility index (Phi) is 4.60. The lowest BCUT2D eigenvalue weighted by molar-refractivity contribution is 0.102. The standard InChI is InChI=1S/C22H15BrN2O2/c23-16-11-9-15(10-12-16)21(26)20-14-18(19-8-4-5-13-25(19)20)22(27)24-17-6-2-1-3-7-17/h1-14H,(H,24,27). The van der Waals surface area contributed by atoms with Crippen molar-refractivity contribution in [3.8, 4) is 0 Å². The van der Waals surface area contributed by atoms with Crippen LogP contribution in [-0.4, -0.2) is 16.1 Å². The molecule has 0 atom stereocenters. The third-order valence-electron chi connectivity index (χ3n) is 4.29. The number of anilines is 1. The molecule has 0 fully saturated rings. The number of hydrogen-bond acceptors (Lipinski definition) is 2. The molecular weight excluding hydrogens is 404 g/mol. The number of fused-ring (bicyclic) bond motifs is 1. The van der Waals surface area contributed by atoms with Gasteiger partial charge in [0.25, 0.3) is 5.91 Å². The zero-order chi connectivity index (χ0) is 18.8. The van der Waals surface area contributed by atoms with Crippen LogP contribution in [0, 0.1) is 0 Å². The number of carbonyl (C=O) groups excluding carboxylic acids is 2. The van der Waals surface area contributed by atoms with E-state index in [9.17, 15) is 9.59 Å². The molecule has 2 heterocycles. The first-order chi connectivity index (χ1) is 13.1. The Bertz CT molecular complexity index is 1130. The molecule has 1 N–H and O–H groups in total. The average Bonchev–Trinajstić information content (AvgIpc) is 3.09. The number of rotatable bonds is 4. The van der Waals surface area contributed by atoms with E-state index in [2.05, 4.69) is 21.2 Å². The Balaban J connectivity index is 1.76. The zero-order valence-electron chi connectivity index (χ0n) is 14.2. The number of ketones is 1. The molecule has 0 aliphatic carbocycles. The topological polar surface area (TPSA) is 50.6 Å². The Morgan fingerprint density at radius 2 is 1.56 bits per heavy atom. The number of nitrogens with zero attached hydrogens (tertiary/aromatic N) is 1. The molecule has 4 nitrogen and oxygen atoms in total. The van der Waals surface area contributed by atoms with Crippen molar-refractivity contribution in [3.63, 3.8) is 0 Å². The highest BCUT2D eigenvalue weighted by Gasteiger charge is 2.20. The molecule has 4 rings (SSSR count). The van der Waals surface area contributed by atoms with Gasteiger partial charge in [-0.15, -0.1) is 0 Å². The first-order valence-corrected chi connectivity index (χ1v) is 9.19. The van der Waals surface area contributed by atoms with Gasteiger partial charge in [-0.05, 0) is 54.6 Å². The van der Waals surface area contributed by atoms with Crippen molar-refractivity contribution in [2.45, 2.75) is 0 Å². The zero-order valence-corrected chi connectivity index (χ0v) is 15.8. The van der Waals surface area contributed by atoms with Gasteiger partial charge in [0, 0.05) is 21.9 Å². The monoisotopic (exact) mass is 418 g/mol. The molecule has 0 bridgehead atoms. The van der Waals surface area contributed by atoms with E-state index in [0.29, 0.717) is 28.0 Å². The summed E-state index contributed by atoms with van der Waals surface area (Å²) in [6, 6.07) is 23.6. The minimum Gasteiger partial charge on any atom is -0.322 e. The second-order valence-electron chi connectivity index (χ2n) is 6.06. The largest absolute Gasteiger partial charge is 0.322 e. The highest BCUT2D eigenvalue weighted by molar-refractivity contribution is 9.10. The van der Waals surface area contributed by atoms with Gasteiger partial charge in [0.15, 0.2) is 0 Å². The van der Waals surface area contributed by atoms with E-state index in [1.54, 1.807) is 28.8 Å². The summed E-state index contributed by atoms with van der Waals surface area (Å²) in [5, 5.41) is 2.88. The van der Waals surface area contributed by atoms with Crippen molar-refractivity contribution in [1.82, 2.24) is 4.40 Å². The third kappa shape index (κ3) is 3.41. The summed E-state index contributed by atoms with van der Waals surface area (Å²) in [5.74, 6) is -0.387. The number of hydrogen-bond donors (Lipinski definition) is 1. The Labute approximate surface area is 164 Å². The maximum absolute atomic E-state index is 13.0. The van der Waals surface area contributed by atoms with Crippen LogP contribution in [0.15, 0.2) is 89.5 Å². The van der Waals surface area contributed by atoms with Crippen LogP contribution in [0.2, 0.25) is 0 Å². The normalized spacial score (nSPS) is 10.7. The molecule has 2 aromatic heterocycles. The molecule has 27 heavy (non-hydrogen) atoms. The Hall–Kier alpha value is -3.18. The van der Waals surface area contributed by atoms with Crippen molar-refractivity contribution in [2.75, 3.05) is 5.32 Å². The molecular formula is C22H15BrN2O2. The van der Waals surface area contributed by atoms with Crippen LogP contribution in [0.1, 0.15) is 26.4 Å². The number of halogens is 1. The molecule has 0 aliphatic heterocycles. The number of amides is 1. The number of benzene rings is 2. The van der Waals surface area contributed by atoms with Crippen molar-refractivity contribution in [2.24, 2.45) is 0 Å². The van der Waals surface area contributed by atoms with Crippen LogP contribution in [0.3, 0.4) is 0 Å². The van der Waals surface area contributed by atoms with Crippen LogP contribution in [0.4, 0.5) is 5.69 Å². The van der Waals surface area contributed by atoms with Gasteiger partial charge in [-0.3, -0.25) is 9.59 Å². The fraction of sp³-hybridized carbons (Fsp3) is 0. The molecule has 0 saturated heterocycles. The van der Waals surface area contributed by atoms with E-state index in [1.807, 2.05) is 60.7 Å². The fourth-order valence-electron chi connectivity index (χ4n) is 2.98. The molecule has 0 unspecified atom stereocenters. The van der Waals surface area contributed by atoms with Crippen molar-refractivity contribution in [1.29, 1.82) is 0 Å². The molecule has 5 heteroatoms. The van der Waals surface area contributed by atoms with Gasteiger partial charge < -0.3 is 9.72 Å². The summed E-state index contributed by atoms with van der Waals surface area (Å²) >= 11 is 3.38. The van der Waals surface area contributed by atoms with Gasteiger partial charge >= 0.3 is 0 Å². The first-order valence-electron chi connectivity index (χ1n) is 8.40. The second kappa shape index (κ2) is 7.21. The number of aromatic nitrogens is 1. The van der Waals surface area contributed by atoms with E-state index in [4.69, 9.17) is 0 Å². The predicted molar refractivity (Wildman–Crippen MR) is 109 cm³/mol. The lowest BCUT2D eigenvalue weighted by Gasteiger charge is -2.04. The molecule has 132 valence electrons. The summed E-state index contributed by atoms with van der Waals surface area (Å²) in [7, 11) is 0. The van der Waals surface area contributed by atoms with E-state index in [1.165, 1.54) is 0 Å². The highest BCUT2D eigenvalue weighted by Crippen LogP contribution is 2.22. The van der Waals surface area contributed by atoms with Gasteiger partial charge in [0.2, 0.25) is 5.78 Å². The quantitative estimate of drug-likeness (QED) is 0.463. The molecule has 2 aromatic carbocycles. The first kappa shape index (κ1) is 17.2. The molecule has 0 saturated carbocycles. The SMILES string of the molecule is O=C(Nc1ccccc1)c1cc(C(=O)c2ccc(Br)cc2)n2ccccc12. The van der Waals surface area contributed by atoms with Gasteiger partial charge in [0.1, 0.15) is 0 Å². The van der Waals surface area contributed by atoms with Gasteiger partial charge in [0.05, 0.1) is 16.8 Å². The maximum Gasteiger partial charge on any atom is 0.257 e. The number of pyridine rings is 1. The number of nitrogens with one attached hydrogen (secondary N) is 1. The molecule has 1 amide bonds. The van der Waals surface area contributed by atoms with E-state index in [0.717, 1.165) is 4.47 Å². The second-order valence-corrected chi connectivity index (χ2v) is 6.97.